The van der Waals surface area contributed by atoms with Gasteiger partial charge in [-0.2, -0.15) is 29.9 Å². The van der Waals surface area contributed by atoms with Crippen LogP contribution in [0.5, 0.6) is 0 Å². The van der Waals surface area contributed by atoms with Gasteiger partial charge in [0.1, 0.15) is 0 Å². The second-order valence-electron chi connectivity index (χ2n) is 4.83. The lowest BCUT2D eigenvalue weighted by molar-refractivity contribution is -0.146. The molecule has 2 amide bonds. The molecule has 0 bridgehead atoms. The molecule has 1 saturated heterocycles. The number of thioether (sulfide) groups is 1. The molecular formula is C11H15F3N4O2S. The first-order valence-electron chi connectivity index (χ1n) is 6.33. The summed E-state index contributed by atoms with van der Waals surface area (Å²) in [7, 11) is 0. The van der Waals surface area contributed by atoms with E-state index >= 15 is 0 Å². The number of nitrogens with one attached hydrogen (secondary N) is 1. The maximum Gasteiger partial charge on any atom is 0.455 e. The zero-order valence-electron chi connectivity index (χ0n) is 11.5. The molecule has 6 nitrogen and oxygen atoms in total. The molecular weight excluding hydrogens is 309 g/mol. The number of hydrogen-bond donors (Lipinski definition) is 1. The highest BCUT2D eigenvalue weighted by molar-refractivity contribution is 8.00. The third-order valence-electron chi connectivity index (χ3n) is 2.82. The molecule has 0 aliphatic carbocycles. The summed E-state index contributed by atoms with van der Waals surface area (Å²) >= 11 is 1.80. The molecule has 2 heterocycles. The molecule has 0 radical (unpaired) electrons. The van der Waals surface area contributed by atoms with Crippen molar-refractivity contribution in [1.82, 2.24) is 20.4 Å². The molecule has 0 aromatic carbocycles. The Morgan fingerprint density at radius 2 is 2.05 bits per heavy atom. The van der Waals surface area contributed by atoms with Gasteiger partial charge in [0.25, 0.3) is 5.82 Å². The molecule has 1 aliphatic rings. The molecule has 0 spiro atoms. The Morgan fingerprint density at radius 3 is 2.57 bits per heavy atom. The van der Waals surface area contributed by atoms with Gasteiger partial charge in [-0.25, -0.2) is 4.79 Å². The summed E-state index contributed by atoms with van der Waals surface area (Å²) < 4.78 is 41.3. The molecule has 10 heteroatoms. The molecule has 2 atom stereocenters. The SMILES string of the molecule is CC1CN(C(=O)NCc2nc(C(F)(F)F)no2)CC(C)S1. The molecule has 1 aromatic rings. The fourth-order valence-electron chi connectivity index (χ4n) is 2.05. The molecule has 1 aliphatic heterocycles. The van der Waals surface area contributed by atoms with E-state index in [1.807, 2.05) is 13.8 Å². The quantitative estimate of drug-likeness (QED) is 0.902. The van der Waals surface area contributed by atoms with Gasteiger partial charge in [-0.1, -0.05) is 19.0 Å². The Kier molecular flexibility index (Phi) is 4.64. The predicted molar refractivity (Wildman–Crippen MR) is 69.6 cm³/mol. The Hall–Kier alpha value is -1.45. The number of alkyl halides is 3. The highest BCUT2D eigenvalue weighted by Gasteiger charge is 2.37. The summed E-state index contributed by atoms with van der Waals surface area (Å²) in [5, 5.41) is 5.95. The molecule has 2 rings (SSSR count). The highest BCUT2D eigenvalue weighted by atomic mass is 32.2. The van der Waals surface area contributed by atoms with Crippen molar-refractivity contribution in [2.75, 3.05) is 13.1 Å². The largest absolute Gasteiger partial charge is 0.455 e. The van der Waals surface area contributed by atoms with Crippen LogP contribution in [0.4, 0.5) is 18.0 Å². The van der Waals surface area contributed by atoms with Gasteiger partial charge in [0, 0.05) is 23.6 Å². The second-order valence-corrected chi connectivity index (χ2v) is 6.71. The summed E-state index contributed by atoms with van der Waals surface area (Å²) in [6.07, 6.45) is -4.65. The van der Waals surface area contributed by atoms with Gasteiger partial charge in [0.2, 0.25) is 5.89 Å². The van der Waals surface area contributed by atoms with Gasteiger partial charge < -0.3 is 14.7 Å². The van der Waals surface area contributed by atoms with Crippen LogP contribution in [0.1, 0.15) is 25.6 Å². The van der Waals surface area contributed by atoms with Crippen LogP contribution in [0.2, 0.25) is 0 Å². The number of aromatic nitrogens is 2. The molecule has 21 heavy (non-hydrogen) atoms. The van der Waals surface area contributed by atoms with Crippen LogP contribution in [0.25, 0.3) is 0 Å². The van der Waals surface area contributed by atoms with Crippen LogP contribution in [-0.4, -0.2) is 44.7 Å². The van der Waals surface area contributed by atoms with Crippen LogP contribution in [0.3, 0.4) is 0 Å². The van der Waals surface area contributed by atoms with E-state index in [1.165, 1.54) is 0 Å². The van der Waals surface area contributed by atoms with Crippen LogP contribution >= 0.6 is 11.8 Å². The fourth-order valence-corrected chi connectivity index (χ4v) is 3.37. The number of amides is 2. The smallest absolute Gasteiger partial charge is 0.337 e. The minimum atomic E-state index is -4.65. The van der Waals surface area contributed by atoms with Gasteiger partial charge >= 0.3 is 12.2 Å². The summed E-state index contributed by atoms with van der Waals surface area (Å²) in [4.78, 5) is 16.8. The lowest BCUT2D eigenvalue weighted by Gasteiger charge is -2.34. The van der Waals surface area contributed by atoms with Gasteiger partial charge in [0.15, 0.2) is 0 Å². The van der Waals surface area contributed by atoms with Gasteiger partial charge in [-0.05, 0) is 0 Å². The summed E-state index contributed by atoms with van der Waals surface area (Å²) in [5.74, 6) is -1.62. The number of hydrogen-bond acceptors (Lipinski definition) is 5. The normalized spacial score (nSPS) is 23.2. The van der Waals surface area contributed by atoms with E-state index in [-0.39, 0.29) is 18.5 Å². The molecule has 1 N–H and O–H groups in total. The Morgan fingerprint density at radius 1 is 1.43 bits per heavy atom. The topological polar surface area (TPSA) is 71.3 Å². The lowest BCUT2D eigenvalue weighted by atomic mass is 10.3. The van der Waals surface area contributed by atoms with Crippen molar-refractivity contribution in [3.63, 3.8) is 0 Å². The second kappa shape index (κ2) is 6.12. The van der Waals surface area contributed by atoms with Crippen molar-refractivity contribution in [3.8, 4) is 0 Å². The maximum atomic E-state index is 12.3. The van der Waals surface area contributed by atoms with Gasteiger partial charge in [-0.3, -0.25) is 0 Å². The number of carbonyl (C=O) groups is 1. The highest BCUT2D eigenvalue weighted by Crippen LogP contribution is 2.26. The summed E-state index contributed by atoms with van der Waals surface area (Å²) in [5.41, 5.74) is 0. The van der Waals surface area contributed by atoms with E-state index in [2.05, 4.69) is 20.0 Å². The van der Waals surface area contributed by atoms with Crippen LogP contribution in [0, 0.1) is 0 Å². The van der Waals surface area contributed by atoms with Crippen molar-refractivity contribution >= 4 is 17.8 Å². The Labute approximate surface area is 123 Å². The Balaban J connectivity index is 1.88. The van der Waals surface area contributed by atoms with E-state index in [1.54, 1.807) is 16.7 Å². The van der Waals surface area contributed by atoms with Crippen molar-refractivity contribution < 1.29 is 22.5 Å². The number of carbonyl (C=O) groups excluding carboxylic acids is 1. The standard InChI is InChI=1S/C11H15F3N4O2S/c1-6-4-18(5-7(2)21-6)10(19)15-3-8-16-9(17-20-8)11(12,13)14/h6-7H,3-5H2,1-2H3,(H,15,19). The van der Waals surface area contributed by atoms with E-state index < -0.39 is 12.0 Å². The van der Waals surface area contributed by atoms with Crippen LogP contribution < -0.4 is 5.32 Å². The molecule has 118 valence electrons. The zero-order valence-corrected chi connectivity index (χ0v) is 12.3. The zero-order chi connectivity index (χ0) is 15.6. The van der Waals surface area contributed by atoms with Crippen LogP contribution in [0.15, 0.2) is 4.52 Å². The van der Waals surface area contributed by atoms with Gasteiger partial charge in [0.05, 0.1) is 6.54 Å². The van der Waals surface area contributed by atoms with Crippen molar-refractivity contribution in [1.29, 1.82) is 0 Å². The third kappa shape index (κ3) is 4.26. The average Bonchev–Trinajstić information content (AvgIpc) is 2.83. The molecule has 0 saturated carbocycles. The first-order chi connectivity index (χ1) is 9.75. The minimum Gasteiger partial charge on any atom is -0.337 e. The van der Waals surface area contributed by atoms with Crippen LogP contribution in [-0.2, 0) is 12.7 Å². The van der Waals surface area contributed by atoms with E-state index in [9.17, 15) is 18.0 Å². The maximum absolute atomic E-state index is 12.3. The first kappa shape index (κ1) is 15.9. The van der Waals surface area contributed by atoms with Gasteiger partial charge in [-0.15, -0.1) is 0 Å². The number of urea groups is 1. The number of nitrogens with zero attached hydrogens (tertiary/aromatic N) is 3. The molecule has 2 unspecified atom stereocenters. The van der Waals surface area contributed by atoms with Crippen molar-refractivity contribution in [2.24, 2.45) is 0 Å². The fraction of sp³-hybridized carbons (Fsp3) is 0.727. The summed E-state index contributed by atoms with van der Waals surface area (Å²) in [6.45, 7) is 5.01. The average molecular weight is 324 g/mol. The van der Waals surface area contributed by atoms with E-state index in [0.717, 1.165) is 0 Å². The summed E-state index contributed by atoms with van der Waals surface area (Å²) in [6, 6.07) is -0.347. The molecule has 1 fully saturated rings. The van der Waals surface area contributed by atoms with E-state index in [0.29, 0.717) is 23.6 Å². The third-order valence-corrected chi connectivity index (χ3v) is 4.05. The lowest BCUT2D eigenvalue weighted by Crippen LogP contribution is -2.48. The Bertz CT molecular complexity index is 498. The predicted octanol–water partition coefficient (Wildman–Crippen LogP) is 2.12. The molecule has 1 aromatic heterocycles. The first-order valence-corrected chi connectivity index (χ1v) is 7.28. The van der Waals surface area contributed by atoms with Crippen molar-refractivity contribution in [3.05, 3.63) is 11.7 Å². The monoisotopic (exact) mass is 324 g/mol. The van der Waals surface area contributed by atoms with Crippen molar-refractivity contribution in [2.45, 2.75) is 37.1 Å². The number of halogens is 3. The van der Waals surface area contributed by atoms with E-state index in [4.69, 9.17) is 0 Å². The minimum absolute atomic E-state index is 0.228. The number of rotatable bonds is 2.